The average molecular weight is 382 g/mol. The highest BCUT2D eigenvalue weighted by Crippen LogP contribution is 2.28. The minimum atomic E-state index is -0.496. The van der Waals surface area contributed by atoms with Gasteiger partial charge in [0.2, 0.25) is 0 Å². The van der Waals surface area contributed by atoms with E-state index in [1.165, 1.54) is 12.1 Å². The van der Waals surface area contributed by atoms with Gasteiger partial charge in [-0.05, 0) is 30.8 Å². The van der Waals surface area contributed by atoms with Crippen LogP contribution in [0.15, 0.2) is 36.4 Å². The molecular formula is C17H20ClN3O3S. The number of amides is 1. The SMILES string of the molecule is CCN(CC)C(CNC(=O)c1ccc([N+](=O)[O-])s1)c1ccccc1Cl. The Balaban J connectivity index is 2.15. The lowest BCUT2D eigenvalue weighted by molar-refractivity contribution is -0.380. The highest BCUT2D eigenvalue weighted by Gasteiger charge is 2.22. The van der Waals surface area contributed by atoms with E-state index in [4.69, 9.17) is 11.6 Å². The molecule has 1 heterocycles. The van der Waals surface area contributed by atoms with Crippen molar-refractivity contribution in [2.24, 2.45) is 0 Å². The molecule has 1 amide bonds. The van der Waals surface area contributed by atoms with Gasteiger partial charge < -0.3 is 5.32 Å². The molecule has 2 aromatic rings. The Hall–Kier alpha value is -1.96. The number of carbonyl (C=O) groups excluding carboxylic acids is 1. The fourth-order valence-corrected chi connectivity index (χ4v) is 3.67. The van der Waals surface area contributed by atoms with Crippen LogP contribution in [0.25, 0.3) is 0 Å². The molecule has 0 aliphatic rings. The van der Waals surface area contributed by atoms with E-state index in [1.54, 1.807) is 0 Å². The Labute approximate surface area is 155 Å². The smallest absolute Gasteiger partial charge is 0.324 e. The highest BCUT2D eigenvalue weighted by molar-refractivity contribution is 7.17. The summed E-state index contributed by atoms with van der Waals surface area (Å²) in [6, 6.07) is 10.3. The molecule has 134 valence electrons. The summed E-state index contributed by atoms with van der Waals surface area (Å²) in [7, 11) is 0. The normalized spacial score (nSPS) is 12.2. The number of halogens is 1. The molecule has 1 aromatic carbocycles. The first kappa shape index (κ1) is 19.4. The largest absolute Gasteiger partial charge is 0.349 e. The number of hydrogen-bond acceptors (Lipinski definition) is 5. The molecule has 0 aliphatic heterocycles. The standard InChI is InChI=1S/C17H20ClN3O3S/c1-3-20(4-2)14(12-7-5-6-8-13(12)18)11-19-17(22)15-9-10-16(25-15)21(23)24/h5-10,14H,3-4,11H2,1-2H3,(H,19,22). The Morgan fingerprint density at radius 2 is 1.96 bits per heavy atom. The van der Waals surface area contributed by atoms with Crippen molar-refractivity contribution in [3.63, 3.8) is 0 Å². The van der Waals surface area contributed by atoms with Crippen molar-refractivity contribution in [2.75, 3.05) is 19.6 Å². The van der Waals surface area contributed by atoms with Gasteiger partial charge in [0.05, 0.1) is 15.8 Å². The molecule has 0 bridgehead atoms. The van der Waals surface area contributed by atoms with Crippen molar-refractivity contribution in [3.05, 3.63) is 62.0 Å². The maximum atomic E-state index is 12.3. The number of likely N-dealkylation sites (N-methyl/N-ethyl adjacent to an activating group) is 1. The molecule has 1 unspecified atom stereocenters. The van der Waals surface area contributed by atoms with Crippen molar-refractivity contribution < 1.29 is 9.72 Å². The van der Waals surface area contributed by atoms with E-state index in [0.29, 0.717) is 16.4 Å². The van der Waals surface area contributed by atoms with Crippen LogP contribution < -0.4 is 5.32 Å². The van der Waals surface area contributed by atoms with Gasteiger partial charge in [0.25, 0.3) is 5.91 Å². The number of thiophene rings is 1. The Morgan fingerprint density at radius 3 is 2.52 bits per heavy atom. The molecule has 0 spiro atoms. The second-order valence-electron chi connectivity index (χ2n) is 5.36. The lowest BCUT2D eigenvalue weighted by atomic mass is 10.0. The Bertz CT molecular complexity index is 746. The van der Waals surface area contributed by atoms with Crippen molar-refractivity contribution in [2.45, 2.75) is 19.9 Å². The number of rotatable bonds is 8. The molecule has 25 heavy (non-hydrogen) atoms. The van der Waals surface area contributed by atoms with Crippen LogP contribution in [-0.4, -0.2) is 35.4 Å². The van der Waals surface area contributed by atoms with Gasteiger partial charge >= 0.3 is 5.00 Å². The van der Waals surface area contributed by atoms with Gasteiger partial charge in [-0.2, -0.15) is 0 Å². The summed E-state index contributed by atoms with van der Waals surface area (Å²) >= 11 is 7.20. The predicted octanol–water partition coefficient (Wildman–Crippen LogP) is 4.12. The molecule has 8 heteroatoms. The Morgan fingerprint density at radius 1 is 1.28 bits per heavy atom. The van der Waals surface area contributed by atoms with Crippen LogP contribution in [0.3, 0.4) is 0 Å². The molecule has 6 nitrogen and oxygen atoms in total. The molecule has 1 N–H and O–H groups in total. The summed E-state index contributed by atoms with van der Waals surface area (Å²) < 4.78 is 0. The highest BCUT2D eigenvalue weighted by atomic mass is 35.5. The number of benzene rings is 1. The summed E-state index contributed by atoms with van der Waals surface area (Å²) in [4.78, 5) is 25.1. The fraction of sp³-hybridized carbons (Fsp3) is 0.353. The summed E-state index contributed by atoms with van der Waals surface area (Å²) in [6.07, 6.45) is 0. The number of nitrogens with zero attached hydrogens (tertiary/aromatic N) is 2. The first-order valence-electron chi connectivity index (χ1n) is 7.98. The first-order chi connectivity index (χ1) is 12.0. The summed E-state index contributed by atoms with van der Waals surface area (Å²) in [5, 5.41) is 14.2. The van der Waals surface area contributed by atoms with Crippen LogP contribution in [0.2, 0.25) is 5.02 Å². The molecule has 0 saturated heterocycles. The summed E-state index contributed by atoms with van der Waals surface area (Å²) in [5.74, 6) is -0.317. The molecule has 0 aliphatic carbocycles. The third kappa shape index (κ3) is 4.78. The van der Waals surface area contributed by atoms with E-state index in [0.717, 1.165) is 30.0 Å². The maximum absolute atomic E-state index is 12.3. The fourth-order valence-electron chi connectivity index (χ4n) is 2.67. The summed E-state index contributed by atoms with van der Waals surface area (Å²) in [6.45, 7) is 6.10. The van der Waals surface area contributed by atoms with E-state index in [1.807, 2.05) is 24.3 Å². The second kappa shape index (κ2) is 8.94. The second-order valence-corrected chi connectivity index (χ2v) is 6.83. The van der Waals surface area contributed by atoms with Crippen molar-refractivity contribution in [3.8, 4) is 0 Å². The lowest BCUT2D eigenvalue weighted by Gasteiger charge is -2.30. The number of hydrogen-bond donors (Lipinski definition) is 1. The zero-order valence-corrected chi connectivity index (χ0v) is 15.6. The van der Waals surface area contributed by atoms with Crippen LogP contribution in [-0.2, 0) is 0 Å². The van der Waals surface area contributed by atoms with E-state index in [9.17, 15) is 14.9 Å². The zero-order valence-electron chi connectivity index (χ0n) is 14.1. The minimum absolute atomic E-state index is 0.0449. The molecule has 0 radical (unpaired) electrons. The molecule has 1 atom stereocenters. The van der Waals surface area contributed by atoms with Crippen molar-refractivity contribution in [1.82, 2.24) is 10.2 Å². The van der Waals surface area contributed by atoms with E-state index in [-0.39, 0.29) is 17.0 Å². The van der Waals surface area contributed by atoms with Crippen molar-refractivity contribution in [1.29, 1.82) is 0 Å². The van der Waals surface area contributed by atoms with Crippen molar-refractivity contribution >= 4 is 33.8 Å². The third-order valence-corrected chi connectivity index (χ3v) is 5.35. The molecule has 1 aromatic heterocycles. The average Bonchev–Trinajstić information content (AvgIpc) is 3.10. The first-order valence-corrected chi connectivity index (χ1v) is 9.18. The van der Waals surface area contributed by atoms with Gasteiger partial charge in [0, 0.05) is 17.6 Å². The summed E-state index contributed by atoms with van der Waals surface area (Å²) in [5.41, 5.74) is 0.949. The van der Waals surface area contributed by atoms with Gasteiger partial charge in [-0.15, -0.1) is 0 Å². The van der Waals surface area contributed by atoms with Crippen LogP contribution in [0, 0.1) is 10.1 Å². The van der Waals surface area contributed by atoms with Gasteiger partial charge in [-0.3, -0.25) is 19.8 Å². The molecular weight excluding hydrogens is 362 g/mol. The van der Waals surface area contributed by atoms with E-state index >= 15 is 0 Å². The maximum Gasteiger partial charge on any atom is 0.324 e. The number of carbonyl (C=O) groups is 1. The van der Waals surface area contributed by atoms with Gasteiger partial charge in [0.1, 0.15) is 0 Å². The topological polar surface area (TPSA) is 75.5 Å². The third-order valence-electron chi connectivity index (χ3n) is 3.97. The van der Waals surface area contributed by atoms with Gasteiger partial charge in [-0.25, -0.2) is 0 Å². The molecule has 0 saturated carbocycles. The van der Waals surface area contributed by atoms with Crippen LogP contribution in [0.1, 0.15) is 35.1 Å². The van der Waals surface area contributed by atoms with Gasteiger partial charge in [-0.1, -0.05) is 55.0 Å². The zero-order chi connectivity index (χ0) is 18.4. The number of nitro groups is 1. The lowest BCUT2D eigenvalue weighted by Crippen LogP contribution is -2.38. The van der Waals surface area contributed by atoms with E-state index in [2.05, 4.69) is 24.1 Å². The Kier molecular flexibility index (Phi) is 6.92. The number of nitrogens with one attached hydrogen (secondary N) is 1. The molecule has 2 rings (SSSR count). The van der Waals surface area contributed by atoms with Crippen LogP contribution in [0.4, 0.5) is 5.00 Å². The van der Waals surface area contributed by atoms with Crippen LogP contribution in [0.5, 0.6) is 0 Å². The van der Waals surface area contributed by atoms with Gasteiger partial charge in [0.15, 0.2) is 0 Å². The predicted molar refractivity (Wildman–Crippen MR) is 100 cm³/mol. The van der Waals surface area contributed by atoms with Crippen LogP contribution >= 0.6 is 22.9 Å². The molecule has 0 fully saturated rings. The monoisotopic (exact) mass is 381 g/mol. The van der Waals surface area contributed by atoms with E-state index < -0.39 is 4.92 Å². The minimum Gasteiger partial charge on any atom is -0.349 e. The quantitative estimate of drug-likeness (QED) is 0.551.